The average molecular weight is 384 g/mol. The first-order valence-corrected chi connectivity index (χ1v) is 9.73. The van der Waals surface area contributed by atoms with Gasteiger partial charge in [0, 0.05) is 20.0 Å². The number of nitrogens with one attached hydrogen (secondary N) is 2. The topological polar surface area (TPSA) is 85.2 Å². The Morgan fingerprint density at radius 3 is 2.75 bits per heavy atom. The van der Waals surface area contributed by atoms with Crippen LogP contribution < -0.4 is 15.4 Å². The molecule has 1 aliphatic rings. The third kappa shape index (κ3) is 5.12. The number of carbonyl (C=O) groups is 2. The molecule has 0 saturated carbocycles. The third-order valence-electron chi connectivity index (χ3n) is 4.97. The van der Waals surface area contributed by atoms with Crippen molar-refractivity contribution in [2.75, 3.05) is 13.1 Å². The summed E-state index contributed by atoms with van der Waals surface area (Å²) in [6.07, 6.45) is 3.16. The predicted molar refractivity (Wildman–Crippen MR) is 106 cm³/mol. The maximum Gasteiger partial charge on any atom is 0.254 e. The Labute approximate surface area is 165 Å². The molecule has 7 heteroatoms. The summed E-state index contributed by atoms with van der Waals surface area (Å²) in [5.74, 6) is 0.944. The maximum atomic E-state index is 12.7. The number of aryl methyl sites for hydroxylation is 2. The minimum atomic E-state index is -0.148. The van der Waals surface area contributed by atoms with Gasteiger partial charge in [0.1, 0.15) is 11.9 Å². The maximum absolute atomic E-state index is 12.7. The Bertz CT molecular complexity index is 829. The highest BCUT2D eigenvalue weighted by Crippen LogP contribution is 2.22. The molecule has 3 rings (SSSR count). The van der Waals surface area contributed by atoms with Crippen LogP contribution in [-0.2, 0) is 17.8 Å². The van der Waals surface area contributed by atoms with E-state index in [1.165, 1.54) is 12.5 Å². The van der Waals surface area contributed by atoms with Gasteiger partial charge in [0.2, 0.25) is 5.91 Å². The fourth-order valence-electron chi connectivity index (χ4n) is 3.37. The highest BCUT2D eigenvalue weighted by molar-refractivity contribution is 5.95. The number of hydrogen-bond donors (Lipinski definition) is 2. The third-order valence-corrected chi connectivity index (χ3v) is 4.97. The van der Waals surface area contributed by atoms with Crippen molar-refractivity contribution in [3.63, 3.8) is 0 Å². The largest absolute Gasteiger partial charge is 0.489 e. The number of nitrogens with zero attached hydrogens (tertiary/aromatic N) is 2. The van der Waals surface area contributed by atoms with Crippen molar-refractivity contribution >= 4 is 11.8 Å². The molecule has 0 fully saturated rings. The summed E-state index contributed by atoms with van der Waals surface area (Å²) in [5, 5.41) is 10.2. The lowest BCUT2D eigenvalue weighted by Gasteiger charge is -2.24. The summed E-state index contributed by atoms with van der Waals surface area (Å²) in [6.45, 7) is 7.28. The second-order valence-electron chi connectivity index (χ2n) is 7.48. The molecule has 1 aliphatic heterocycles. The van der Waals surface area contributed by atoms with Crippen LogP contribution >= 0.6 is 0 Å². The summed E-state index contributed by atoms with van der Waals surface area (Å²) < 4.78 is 7.74. The fourth-order valence-corrected chi connectivity index (χ4v) is 3.37. The van der Waals surface area contributed by atoms with Crippen LogP contribution in [0.15, 0.2) is 30.5 Å². The lowest BCUT2D eigenvalue weighted by molar-refractivity contribution is -0.119. The average Bonchev–Trinajstić information content (AvgIpc) is 3.09. The number of amides is 2. The lowest BCUT2D eigenvalue weighted by Crippen LogP contribution is -2.35. The molecule has 0 saturated heterocycles. The second kappa shape index (κ2) is 8.91. The quantitative estimate of drug-likeness (QED) is 0.765. The van der Waals surface area contributed by atoms with Crippen LogP contribution in [0.2, 0.25) is 0 Å². The van der Waals surface area contributed by atoms with Gasteiger partial charge >= 0.3 is 0 Å². The summed E-state index contributed by atoms with van der Waals surface area (Å²) in [6, 6.07) is 7.85. The van der Waals surface area contributed by atoms with Gasteiger partial charge in [-0.25, -0.2) is 0 Å². The van der Waals surface area contributed by atoms with E-state index in [1.54, 1.807) is 6.20 Å². The summed E-state index contributed by atoms with van der Waals surface area (Å²) >= 11 is 0. The number of hydrogen-bond acceptors (Lipinski definition) is 4. The lowest BCUT2D eigenvalue weighted by atomic mass is 9.94. The van der Waals surface area contributed by atoms with Gasteiger partial charge in [-0.2, -0.15) is 5.10 Å². The minimum Gasteiger partial charge on any atom is -0.489 e. The highest BCUT2D eigenvalue weighted by Gasteiger charge is 2.25. The van der Waals surface area contributed by atoms with Crippen molar-refractivity contribution in [1.82, 2.24) is 20.4 Å². The van der Waals surface area contributed by atoms with Crippen molar-refractivity contribution in [2.45, 2.75) is 46.3 Å². The molecular weight excluding hydrogens is 356 g/mol. The van der Waals surface area contributed by atoms with E-state index >= 15 is 0 Å². The van der Waals surface area contributed by atoms with Gasteiger partial charge in [-0.05, 0) is 44.7 Å². The van der Waals surface area contributed by atoms with E-state index in [-0.39, 0.29) is 17.9 Å². The molecule has 2 amide bonds. The van der Waals surface area contributed by atoms with Gasteiger partial charge in [0.05, 0.1) is 24.0 Å². The molecule has 150 valence electrons. The number of ether oxygens (including phenoxy) is 1. The van der Waals surface area contributed by atoms with Gasteiger partial charge in [-0.15, -0.1) is 0 Å². The van der Waals surface area contributed by atoms with Crippen LogP contribution in [0, 0.1) is 12.8 Å². The zero-order valence-electron chi connectivity index (χ0n) is 16.7. The molecule has 7 nitrogen and oxygen atoms in total. The number of fused-ring (bicyclic) bond motifs is 1. The van der Waals surface area contributed by atoms with Crippen LogP contribution in [0.5, 0.6) is 5.75 Å². The Morgan fingerprint density at radius 1 is 1.29 bits per heavy atom. The van der Waals surface area contributed by atoms with Crippen molar-refractivity contribution in [2.24, 2.45) is 5.92 Å². The molecule has 0 spiro atoms. The van der Waals surface area contributed by atoms with Crippen LogP contribution in [0.25, 0.3) is 0 Å². The van der Waals surface area contributed by atoms with Crippen LogP contribution in [0.1, 0.15) is 41.9 Å². The molecule has 0 bridgehead atoms. The number of aromatic nitrogens is 2. The number of rotatable bonds is 7. The van der Waals surface area contributed by atoms with E-state index in [1.807, 2.05) is 42.8 Å². The standard InChI is InChI=1S/C21H28N4O3/c1-14-4-6-18(7-5-14)28-15(2)11-23-21(27)19-13-24-25-9-8-17(10-20(19)25)12-22-16(3)26/h4-7,13,15,17H,8-12H2,1-3H3,(H,22,26)(H,23,27)/t15-,17+/m1/s1. The van der Waals surface area contributed by atoms with Crippen molar-refractivity contribution in [3.05, 3.63) is 47.3 Å². The monoisotopic (exact) mass is 384 g/mol. The summed E-state index contributed by atoms with van der Waals surface area (Å²) in [7, 11) is 0. The molecule has 0 aliphatic carbocycles. The van der Waals surface area contributed by atoms with Crippen molar-refractivity contribution < 1.29 is 14.3 Å². The van der Waals surface area contributed by atoms with Crippen molar-refractivity contribution in [3.8, 4) is 5.75 Å². The van der Waals surface area contributed by atoms with Gasteiger partial charge in [0.15, 0.2) is 0 Å². The summed E-state index contributed by atoms with van der Waals surface area (Å²) in [5.41, 5.74) is 2.72. The van der Waals surface area contributed by atoms with Gasteiger partial charge in [-0.1, -0.05) is 17.7 Å². The van der Waals surface area contributed by atoms with Crippen LogP contribution in [0.4, 0.5) is 0 Å². The first-order valence-electron chi connectivity index (χ1n) is 9.73. The predicted octanol–water partition coefficient (Wildman–Crippen LogP) is 2.09. The second-order valence-corrected chi connectivity index (χ2v) is 7.48. The molecule has 1 aromatic heterocycles. The van der Waals surface area contributed by atoms with Gasteiger partial charge < -0.3 is 15.4 Å². The Hall–Kier alpha value is -2.83. The van der Waals surface area contributed by atoms with E-state index in [9.17, 15) is 9.59 Å². The van der Waals surface area contributed by atoms with E-state index in [4.69, 9.17) is 4.74 Å². The molecule has 0 unspecified atom stereocenters. The van der Waals surface area contributed by atoms with Crippen LogP contribution in [-0.4, -0.2) is 40.8 Å². The Kier molecular flexibility index (Phi) is 6.34. The Balaban J connectivity index is 1.54. The molecule has 2 heterocycles. The van der Waals surface area contributed by atoms with Crippen LogP contribution in [0.3, 0.4) is 0 Å². The highest BCUT2D eigenvalue weighted by atomic mass is 16.5. The molecule has 28 heavy (non-hydrogen) atoms. The van der Waals surface area contributed by atoms with Gasteiger partial charge in [-0.3, -0.25) is 14.3 Å². The number of carbonyl (C=O) groups excluding carboxylic acids is 2. The van der Waals surface area contributed by atoms with E-state index in [0.717, 1.165) is 30.8 Å². The first-order chi connectivity index (χ1) is 13.4. The molecular formula is C21H28N4O3. The molecule has 2 N–H and O–H groups in total. The van der Waals surface area contributed by atoms with Crippen molar-refractivity contribution in [1.29, 1.82) is 0 Å². The Morgan fingerprint density at radius 2 is 2.04 bits per heavy atom. The number of benzene rings is 1. The van der Waals surface area contributed by atoms with E-state index in [2.05, 4.69) is 15.7 Å². The minimum absolute atomic E-state index is 0.0281. The fraction of sp³-hybridized carbons (Fsp3) is 0.476. The smallest absolute Gasteiger partial charge is 0.254 e. The zero-order chi connectivity index (χ0) is 20.1. The molecule has 0 radical (unpaired) electrons. The normalized spacial score (nSPS) is 16.8. The van der Waals surface area contributed by atoms with E-state index < -0.39 is 0 Å². The molecule has 2 atom stereocenters. The first kappa shape index (κ1) is 19.9. The summed E-state index contributed by atoms with van der Waals surface area (Å²) in [4.78, 5) is 23.8. The van der Waals surface area contributed by atoms with Gasteiger partial charge in [0.25, 0.3) is 5.91 Å². The van der Waals surface area contributed by atoms with E-state index in [0.29, 0.717) is 24.6 Å². The SMILES string of the molecule is CC(=O)NC[C@H]1CCn2ncc(C(=O)NC[C@@H](C)Oc3ccc(C)cc3)c2C1. The zero-order valence-corrected chi connectivity index (χ0v) is 16.7. The molecule has 1 aromatic carbocycles. The molecule has 2 aromatic rings.